The van der Waals surface area contributed by atoms with E-state index in [1.165, 1.54) is 0 Å². The summed E-state index contributed by atoms with van der Waals surface area (Å²) < 4.78 is 33.4. The first-order chi connectivity index (χ1) is 9.91. The van der Waals surface area contributed by atoms with E-state index in [0.717, 1.165) is 0 Å². The summed E-state index contributed by atoms with van der Waals surface area (Å²) in [5, 5.41) is 9.27. The van der Waals surface area contributed by atoms with Gasteiger partial charge in [-0.1, -0.05) is 0 Å². The smallest absolute Gasteiger partial charge is 0.310 e. The number of carboxylic acid groups (broad SMARTS) is 1. The minimum Gasteiger partial charge on any atom is -0.497 e. The van der Waals surface area contributed by atoms with Gasteiger partial charge >= 0.3 is 5.97 Å². The molecule has 7 heteroatoms. The summed E-state index contributed by atoms with van der Waals surface area (Å²) in [6.07, 6.45) is 0.380. The number of carbonyl (C=O) groups is 1. The molecule has 0 amide bonds. The van der Waals surface area contributed by atoms with E-state index < -0.39 is 21.7 Å². The molecule has 2 unspecified atom stereocenters. The van der Waals surface area contributed by atoms with Crippen molar-refractivity contribution < 1.29 is 27.8 Å². The Hall–Kier alpha value is -1.76. The van der Waals surface area contributed by atoms with Crippen LogP contribution in [0, 0.1) is 11.8 Å². The zero-order valence-electron chi connectivity index (χ0n) is 11.7. The van der Waals surface area contributed by atoms with Gasteiger partial charge in [-0.2, -0.15) is 0 Å². The van der Waals surface area contributed by atoms with Gasteiger partial charge in [0.05, 0.1) is 24.5 Å². The van der Waals surface area contributed by atoms with Gasteiger partial charge in [-0.15, -0.1) is 0 Å². The molecule has 1 aliphatic rings. The molecule has 21 heavy (non-hydrogen) atoms. The lowest BCUT2D eigenvalue weighted by atomic mass is 9.93. The molecule has 1 N–H and O–H groups in total. The number of carboxylic acids is 1. The number of ether oxygens (including phenoxy) is 2. The van der Waals surface area contributed by atoms with E-state index in [1.807, 2.05) is 0 Å². The van der Waals surface area contributed by atoms with E-state index >= 15 is 0 Å². The zero-order chi connectivity index (χ0) is 15.5. The fourth-order valence-corrected chi connectivity index (χ4v) is 4.29. The van der Waals surface area contributed by atoms with Gasteiger partial charge in [-0.3, -0.25) is 4.79 Å². The molecule has 1 aliphatic heterocycles. The van der Waals surface area contributed by atoms with Gasteiger partial charge < -0.3 is 14.6 Å². The van der Waals surface area contributed by atoms with Crippen molar-refractivity contribution in [2.45, 2.75) is 6.42 Å². The molecule has 1 heterocycles. The lowest BCUT2D eigenvalue weighted by Gasteiger charge is -2.18. The molecule has 116 valence electrons. The Kier molecular flexibility index (Phi) is 4.72. The molecule has 6 nitrogen and oxygen atoms in total. The summed E-state index contributed by atoms with van der Waals surface area (Å²) in [6, 6.07) is 6.79. The van der Waals surface area contributed by atoms with Crippen LogP contribution in [0.2, 0.25) is 0 Å². The van der Waals surface area contributed by atoms with Crippen molar-refractivity contribution in [2.24, 2.45) is 11.8 Å². The molecular weight excluding hydrogens is 296 g/mol. The van der Waals surface area contributed by atoms with Crippen molar-refractivity contribution in [3.05, 3.63) is 24.3 Å². The highest BCUT2D eigenvalue weighted by molar-refractivity contribution is 7.91. The van der Waals surface area contributed by atoms with E-state index in [9.17, 15) is 18.3 Å². The van der Waals surface area contributed by atoms with Gasteiger partial charge in [0.1, 0.15) is 18.1 Å². The number of rotatable bonds is 6. The van der Waals surface area contributed by atoms with E-state index in [4.69, 9.17) is 9.47 Å². The largest absolute Gasteiger partial charge is 0.497 e. The summed E-state index contributed by atoms with van der Waals surface area (Å²) in [5.41, 5.74) is 0. The first kappa shape index (κ1) is 15.6. The predicted molar refractivity (Wildman–Crippen MR) is 76.4 cm³/mol. The highest BCUT2D eigenvalue weighted by Gasteiger charge is 2.37. The Morgan fingerprint density at radius 1 is 1.33 bits per heavy atom. The topological polar surface area (TPSA) is 89.9 Å². The summed E-state index contributed by atoms with van der Waals surface area (Å²) in [5.74, 6) is -1.03. The lowest BCUT2D eigenvalue weighted by molar-refractivity contribution is -0.144. The lowest BCUT2D eigenvalue weighted by Crippen LogP contribution is -2.30. The van der Waals surface area contributed by atoms with Gasteiger partial charge in [0.15, 0.2) is 9.84 Å². The highest BCUT2D eigenvalue weighted by atomic mass is 32.2. The van der Waals surface area contributed by atoms with Crippen LogP contribution in [0.3, 0.4) is 0 Å². The molecule has 0 bridgehead atoms. The maximum absolute atomic E-state index is 11.5. The monoisotopic (exact) mass is 314 g/mol. The van der Waals surface area contributed by atoms with Crippen molar-refractivity contribution in [2.75, 3.05) is 25.2 Å². The Bertz CT molecular complexity index is 592. The van der Waals surface area contributed by atoms with Crippen molar-refractivity contribution in [3.8, 4) is 11.5 Å². The van der Waals surface area contributed by atoms with Gasteiger partial charge in [0.25, 0.3) is 0 Å². The number of sulfone groups is 1. The van der Waals surface area contributed by atoms with Crippen LogP contribution in [0.25, 0.3) is 0 Å². The van der Waals surface area contributed by atoms with Gasteiger partial charge in [0, 0.05) is 0 Å². The maximum atomic E-state index is 11.5. The van der Waals surface area contributed by atoms with E-state index in [1.54, 1.807) is 31.4 Å². The summed E-state index contributed by atoms with van der Waals surface area (Å²) in [7, 11) is -1.55. The molecular formula is C14H18O6S. The van der Waals surface area contributed by atoms with Crippen LogP contribution in [0.4, 0.5) is 0 Å². The number of hydrogen-bond donors (Lipinski definition) is 1. The average Bonchev–Trinajstić information content (AvgIpc) is 2.79. The van der Waals surface area contributed by atoms with Crippen molar-refractivity contribution in [1.82, 2.24) is 0 Å². The maximum Gasteiger partial charge on any atom is 0.310 e. The Balaban J connectivity index is 1.98. The number of benzene rings is 1. The zero-order valence-corrected chi connectivity index (χ0v) is 12.5. The van der Waals surface area contributed by atoms with Crippen LogP contribution in [0.1, 0.15) is 6.42 Å². The Morgan fingerprint density at radius 3 is 2.43 bits per heavy atom. The summed E-state index contributed by atoms with van der Waals surface area (Å²) in [6.45, 7) is -0.0398. The second-order valence-electron chi connectivity index (χ2n) is 5.09. The first-order valence-corrected chi connectivity index (χ1v) is 8.43. The second kappa shape index (κ2) is 6.34. The Labute approximate surface area is 123 Å². The SMILES string of the molecule is COc1ccc(OCC(C(=O)O)C2CCS(=O)(=O)C2)cc1. The van der Waals surface area contributed by atoms with Gasteiger partial charge in [-0.05, 0) is 36.6 Å². The standard InChI is InChI=1S/C14H18O6S/c1-19-11-2-4-12(5-3-11)20-8-13(14(15)16)10-6-7-21(17,18)9-10/h2-5,10,13H,6-9H2,1H3,(H,15,16). The summed E-state index contributed by atoms with van der Waals surface area (Å²) >= 11 is 0. The van der Waals surface area contributed by atoms with Crippen LogP contribution >= 0.6 is 0 Å². The van der Waals surface area contributed by atoms with E-state index in [2.05, 4.69) is 0 Å². The molecule has 2 rings (SSSR count). The molecule has 1 fully saturated rings. The third-order valence-corrected chi connectivity index (χ3v) is 5.44. The Morgan fingerprint density at radius 2 is 1.95 bits per heavy atom. The molecule has 0 radical (unpaired) electrons. The quantitative estimate of drug-likeness (QED) is 0.849. The van der Waals surface area contributed by atoms with Crippen molar-refractivity contribution >= 4 is 15.8 Å². The fourth-order valence-electron chi connectivity index (χ4n) is 2.41. The first-order valence-electron chi connectivity index (χ1n) is 6.61. The average molecular weight is 314 g/mol. The number of hydrogen-bond acceptors (Lipinski definition) is 5. The molecule has 0 spiro atoms. The van der Waals surface area contributed by atoms with Crippen molar-refractivity contribution in [1.29, 1.82) is 0 Å². The van der Waals surface area contributed by atoms with Crippen LogP contribution in [-0.2, 0) is 14.6 Å². The van der Waals surface area contributed by atoms with Gasteiger partial charge in [0.2, 0.25) is 0 Å². The third kappa shape index (κ3) is 4.10. The van der Waals surface area contributed by atoms with Crippen LogP contribution in [0.5, 0.6) is 11.5 Å². The number of aliphatic carboxylic acids is 1. The van der Waals surface area contributed by atoms with Crippen LogP contribution < -0.4 is 9.47 Å². The van der Waals surface area contributed by atoms with Gasteiger partial charge in [-0.25, -0.2) is 8.42 Å². The van der Waals surface area contributed by atoms with Crippen LogP contribution in [0.15, 0.2) is 24.3 Å². The molecule has 0 aliphatic carbocycles. The summed E-state index contributed by atoms with van der Waals surface area (Å²) in [4.78, 5) is 11.3. The normalized spacial score (nSPS) is 21.7. The molecule has 0 aromatic heterocycles. The number of methoxy groups -OCH3 is 1. The van der Waals surface area contributed by atoms with E-state index in [-0.39, 0.29) is 24.0 Å². The highest BCUT2D eigenvalue weighted by Crippen LogP contribution is 2.27. The molecule has 2 atom stereocenters. The third-order valence-electron chi connectivity index (χ3n) is 3.64. The predicted octanol–water partition coefficient (Wildman–Crippen LogP) is 1.21. The van der Waals surface area contributed by atoms with E-state index in [0.29, 0.717) is 17.9 Å². The minimum atomic E-state index is -3.10. The second-order valence-corrected chi connectivity index (χ2v) is 7.32. The minimum absolute atomic E-state index is 0.0398. The molecule has 1 saturated heterocycles. The fraction of sp³-hybridized carbons (Fsp3) is 0.500. The van der Waals surface area contributed by atoms with Crippen molar-refractivity contribution in [3.63, 3.8) is 0 Å². The molecule has 1 aromatic rings. The molecule has 0 saturated carbocycles. The molecule has 1 aromatic carbocycles. The van der Waals surface area contributed by atoms with Crippen LogP contribution in [-0.4, -0.2) is 44.7 Å².